The summed E-state index contributed by atoms with van der Waals surface area (Å²) in [5, 5.41) is 1.24. The molecule has 2 aromatic carbocycles. The van der Waals surface area contributed by atoms with Crippen LogP contribution in [0, 0.1) is 92.7 Å². The Labute approximate surface area is 479 Å². The van der Waals surface area contributed by atoms with Gasteiger partial charge in [-0.15, -0.1) is 6.58 Å². The summed E-state index contributed by atoms with van der Waals surface area (Å²) < 4.78 is 31.4. The van der Waals surface area contributed by atoms with Crippen molar-refractivity contribution in [2.24, 2.45) is 92.7 Å². The van der Waals surface area contributed by atoms with E-state index in [1.165, 1.54) is 101 Å². The Kier molecular flexibility index (Phi) is 17.9. The predicted molar refractivity (Wildman–Crippen MR) is 321 cm³/mol. The van der Waals surface area contributed by atoms with Gasteiger partial charge in [-0.05, 0) is 202 Å². The zero-order valence-corrected chi connectivity index (χ0v) is 51.2. The van der Waals surface area contributed by atoms with Gasteiger partial charge in [0.15, 0.2) is 11.5 Å². The van der Waals surface area contributed by atoms with E-state index in [4.69, 9.17) is 23.7 Å². The van der Waals surface area contributed by atoms with Gasteiger partial charge in [0.05, 0.1) is 6.61 Å². The first kappa shape index (κ1) is 58.5. The van der Waals surface area contributed by atoms with E-state index in [0.29, 0.717) is 51.5 Å². The van der Waals surface area contributed by atoms with Gasteiger partial charge in [0.1, 0.15) is 18.0 Å². The molecule has 2 unspecified atom stereocenters. The summed E-state index contributed by atoms with van der Waals surface area (Å²) in [4.78, 5) is 28.1. The first-order chi connectivity index (χ1) is 37.9. The third kappa shape index (κ3) is 11.7. The highest BCUT2D eigenvalue weighted by Gasteiger charge is 2.61. The number of fused-ring (bicyclic) bond motifs is 11. The molecule has 16 atom stereocenters. The van der Waals surface area contributed by atoms with Crippen LogP contribution >= 0.6 is 0 Å². The number of hydrogen-bond acceptors (Lipinski definition) is 7. The maximum Gasteiger partial charge on any atom is 0.514 e. The number of carbonyl (C=O) groups excluding carboxylic acids is 2. The van der Waals surface area contributed by atoms with Gasteiger partial charge in [-0.3, -0.25) is 0 Å². The summed E-state index contributed by atoms with van der Waals surface area (Å²) in [5.41, 5.74) is 4.18. The summed E-state index contributed by atoms with van der Waals surface area (Å²) in [6, 6.07) is 9.30. The average Bonchev–Trinajstić information content (AvgIpc) is 4.17. The number of ether oxygens (including phenoxy) is 5. The number of hydrogen-bond donors (Lipinski definition) is 0. The van der Waals surface area contributed by atoms with E-state index in [0.717, 1.165) is 130 Å². The molecule has 8 aliphatic rings. The third-order valence-electron chi connectivity index (χ3n) is 24.4. The Morgan fingerprint density at radius 3 is 1.59 bits per heavy atom. The van der Waals surface area contributed by atoms with Crippen molar-refractivity contribution in [3.63, 3.8) is 0 Å². The van der Waals surface area contributed by atoms with Gasteiger partial charge in [0, 0.05) is 29.7 Å². The molecule has 0 aliphatic heterocycles. The van der Waals surface area contributed by atoms with Gasteiger partial charge in [0.25, 0.3) is 0 Å². The minimum Gasteiger partial charge on any atom is -0.490 e. The lowest BCUT2D eigenvalue weighted by molar-refractivity contribution is -0.0597. The minimum absolute atomic E-state index is 0.145. The maximum atomic E-state index is 14.1. The largest absolute Gasteiger partial charge is 0.514 e. The molecule has 6 fully saturated rings. The number of unbranched alkanes of at least 4 members (excludes halogenated alkanes) is 2. The highest BCUT2D eigenvalue weighted by atomic mass is 16.7. The second kappa shape index (κ2) is 24.2. The van der Waals surface area contributed by atoms with E-state index in [1.54, 1.807) is 6.07 Å². The van der Waals surface area contributed by atoms with E-state index in [-0.39, 0.29) is 28.8 Å². The average molecular weight is 1080 g/mol. The topological polar surface area (TPSA) is 80.3 Å². The lowest BCUT2D eigenvalue weighted by Gasteiger charge is -2.58. The first-order valence-corrected chi connectivity index (χ1v) is 32.8. The fraction of sp³-hybridized carbons (Fsp3) is 0.750. The molecule has 0 aromatic heterocycles. The predicted octanol–water partition coefficient (Wildman–Crippen LogP) is 20.4. The van der Waals surface area contributed by atoms with Gasteiger partial charge in [0.2, 0.25) is 0 Å². The second-order valence-electron chi connectivity index (χ2n) is 29.6. The summed E-state index contributed by atoms with van der Waals surface area (Å²) in [6.07, 6.45) is 34.3. The first-order valence-electron chi connectivity index (χ1n) is 32.8. The van der Waals surface area contributed by atoms with E-state index in [2.05, 4.69) is 88.0 Å². The van der Waals surface area contributed by atoms with Crippen LogP contribution in [0.3, 0.4) is 0 Å². The summed E-state index contributed by atoms with van der Waals surface area (Å²) in [5.74, 6) is 10.3. The number of benzene rings is 2. The van der Waals surface area contributed by atoms with Gasteiger partial charge in [-0.1, -0.05) is 161 Å². The molecule has 0 spiro atoms. The number of rotatable bonds is 20. The SMILES string of the molecule is C=CCCCCOc1cc(OC(=O)OC2CC[C@@]3(C)C(=CC[C@H]4[C@@H]5CC[C@H]([C@H](C)CCCC(C)C)[C@@]5(C)CC[C@@H]43)C2)c2ccccc2c1OC(=O)OC1CC[C@@]2(C)C(=CC[C@H]3[C@@H]4CC[C@H]([C@H](C)CCCC(C)C)[C@@]4(C)CC[C@@H]32)C1. The molecule has 0 saturated heterocycles. The zero-order chi connectivity index (χ0) is 55.9. The Hall–Kier alpha value is -3.74. The monoisotopic (exact) mass is 1080 g/mol. The van der Waals surface area contributed by atoms with Crippen LogP contribution in [0.2, 0.25) is 0 Å². The fourth-order valence-electron chi connectivity index (χ4n) is 20.2. The molecule has 7 heteroatoms. The molecule has 0 bridgehead atoms. The quantitative estimate of drug-likeness (QED) is 0.0565. The van der Waals surface area contributed by atoms with Crippen LogP contribution in [0.15, 0.2) is 66.3 Å². The van der Waals surface area contributed by atoms with Crippen molar-refractivity contribution in [2.75, 3.05) is 6.61 Å². The number of allylic oxidation sites excluding steroid dienone is 3. The van der Waals surface area contributed by atoms with Crippen LogP contribution in [0.4, 0.5) is 9.59 Å². The van der Waals surface area contributed by atoms with Crippen LogP contribution in [0.1, 0.15) is 230 Å². The molecule has 10 rings (SSSR count). The fourth-order valence-corrected chi connectivity index (χ4v) is 20.2. The van der Waals surface area contributed by atoms with Crippen LogP contribution in [-0.4, -0.2) is 31.1 Å². The molecule has 0 N–H and O–H groups in total. The third-order valence-corrected chi connectivity index (χ3v) is 24.4. The van der Waals surface area contributed by atoms with E-state index in [1.807, 2.05) is 30.3 Å². The van der Waals surface area contributed by atoms with E-state index >= 15 is 0 Å². The zero-order valence-electron chi connectivity index (χ0n) is 51.2. The molecule has 7 nitrogen and oxygen atoms in total. The van der Waals surface area contributed by atoms with Gasteiger partial charge in [-0.2, -0.15) is 0 Å². The Morgan fingerprint density at radius 2 is 1.09 bits per heavy atom. The normalized spacial score (nSPS) is 36.3. The standard InChI is InChI=1S/C72H106O7/c1-12-13-14-17-42-75-65-45-64(78-67(73)76-52-34-38-69(8)50(43-52)26-28-56-60-32-30-58(48(6)22-18-20-46(2)3)71(60,10)40-36-62(56)69)54-24-15-16-25-55(54)66(65)79-68(74)77-53-35-39-70(9)51(44-53)27-29-57-61-33-31-59(49(7)23-19-21-47(4)5)72(61,11)41-37-63(57)70/h12,15-16,24-27,45-49,52-53,56-63H,1,13-14,17-23,28-44H2,2-11H3/t48-,49-,52?,53?,56+,57+,58-,59-,60+,61+,62+,63+,69+,70+,71-,72-/m1/s1. The van der Waals surface area contributed by atoms with Crippen molar-refractivity contribution in [1.29, 1.82) is 0 Å². The number of carbonyl (C=O) groups is 2. The molecule has 436 valence electrons. The van der Waals surface area contributed by atoms with Crippen LogP contribution in [0.25, 0.3) is 10.8 Å². The highest BCUT2D eigenvalue weighted by molar-refractivity contribution is 5.97. The smallest absolute Gasteiger partial charge is 0.490 e. The Balaban J connectivity index is 0.781. The van der Waals surface area contributed by atoms with Gasteiger partial charge in [-0.25, -0.2) is 9.59 Å². The van der Waals surface area contributed by atoms with Crippen molar-refractivity contribution in [3.05, 3.63) is 66.3 Å². The molecule has 79 heavy (non-hydrogen) atoms. The minimum atomic E-state index is -0.727. The molecule has 6 saturated carbocycles. The van der Waals surface area contributed by atoms with E-state index < -0.39 is 12.3 Å². The Bertz CT molecular complexity index is 2540. The molecule has 8 aliphatic carbocycles. The highest BCUT2D eigenvalue weighted by Crippen LogP contribution is 2.69. The van der Waals surface area contributed by atoms with Gasteiger partial charge >= 0.3 is 12.3 Å². The Morgan fingerprint density at radius 1 is 0.582 bits per heavy atom. The lowest BCUT2D eigenvalue weighted by Crippen LogP contribution is -2.51. The maximum absolute atomic E-state index is 14.1. The molecule has 0 amide bonds. The van der Waals surface area contributed by atoms with Crippen molar-refractivity contribution in [1.82, 2.24) is 0 Å². The molecule has 0 radical (unpaired) electrons. The molecular weight excluding hydrogens is 977 g/mol. The van der Waals surface area contributed by atoms with Crippen molar-refractivity contribution < 1.29 is 33.3 Å². The molecular formula is C72H106O7. The van der Waals surface area contributed by atoms with Crippen molar-refractivity contribution in [2.45, 2.75) is 242 Å². The summed E-state index contributed by atoms with van der Waals surface area (Å²) in [6.45, 7) is 29.3. The van der Waals surface area contributed by atoms with Gasteiger partial charge < -0.3 is 23.7 Å². The lowest BCUT2D eigenvalue weighted by atomic mass is 9.47. The van der Waals surface area contributed by atoms with Crippen molar-refractivity contribution in [3.8, 4) is 17.2 Å². The molecule has 0 heterocycles. The van der Waals surface area contributed by atoms with Crippen LogP contribution in [-0.2, 0) is 9.47 Å². The van der Waals surface area contributed by atoms with Crippen LogP contribution in [0.5, 0.6) is 17.2 Å². The van der Waals surface area contributed by atoms with Crippen LogP contribution < -0.4 is 14.2 Å². The molecule has 2 aromatic rings. The summed E-state index contributed by atoms with van der Waals surface area (Å²) >= 11 is 0. The van der Waals surface area contributed by atoms with Crippen molar-refractivity contribution >= 4 is 23.1 Å². The van der Waals surface area contributed by atoms with E-state index in [9.17, 15) is 9.59 Å². The second-order valence-corrected chi connectivity index (χ2v) is 29.6. The summed E-state index contributed by atoms with van der Waals surface area (Å²) in [7, 11) is 0.